The summed E-state index contributed by atoms with van der Waals surface area (Å²) in [5.41, 5.74) is 7.04. The number of piperazine rings is 1. The van der Waals surface area contributed by atoms with Gasteiger partial charge in [0, 0.05) is 43.2 Å². The van der Waals surface area contributed by atoms with Gasteiger partial charge in [0.05, 0.1) is 11.7 Å². The van der Waals surface area contributed by atoms with Gasteiger partial charge in [-0.2, -0.15) is 0 Å². The van der Waals surface area contributed by atoms with Crippen LogP contribution in [0.2, 0.25) is 0 Å². The van der Waals surface area contributed by atoms with Gasteiger partial charge in [0.1, 0.15) is 5.69 Å². The Morgan fingerprint density at radius 1 is 1.09 bits per heavy atom. The summed E-state index contributed by atoms with van der Waals surface area (Å²) in [6.07, 6.45) is 6.90. The van der Waals surface area contributed by atoms with Crippen molar-refractivity contribution in [1.29, 1.82) is 0 Å². The number of fused-ring (bicyclic) bond motifs is 2. The number of hydrogen-bond acceptors (Lipinski definition) is 4. The first kappa shape index (κ1) is 20.5. The van der Waals surface area contributed by atoms with E-state index in [1.54, 1.807) is 12.1 Å². The predicted octanol–water partition coefficient (Wildman–Crippen LogP) is 2.95. The summed E-state index contributed by atoms with van der Waals surface area (Å²) in [5, 5.41) is 12.4. The van der Waals surface area contributed by atoms with Gasteiger partial charge < -0.3 is 10.2 Å². The van der Waals surface area contributed by atoms with Gasteiger partial charge in [-0.15, -0.1) is 0 Å². The topological polar surface area (TPSA) is 72.6 Å². The van der Waals surface area contributed by atoms with Crippen molar-refractivity contribution in [2.24, 2.45) is 0 Å². The molecule has 7 nitrogen and oxygen atoms in total. The zero-order valence-electron chi connectivity index (χ0n) is 18.2. The van der Waals surface area contributed by atoms with E-state index in [-0.39, 0.29) is 12.1 Å². The van der Waals surface area contributed by atoms with Crippen molar-refractivity contribution in [3.8, 4) is 0 Å². The Hall–Kier alpha value is -3.45. The molecule has 1 saturated heterocycles. The van der Waals surface area contributed by atoms with Crippen LogP contribution >= 0.6 is 0 Å². The second kappa shape index (κ2) is 8.59. The van der Waals surface area contributed by atoms with Gasteiger partial charge in [0.25, 0.3) is 0 Å². The Morgan fingerprint density at radius 3 is 2.72 bits per heavy atom. The average molecular weight is 431 g/mol. The van der Waals surface area contributed by atoms with Crippen LogP contribution in [-0.2, 0) is 12.8 Å². The Morgan fingerprint density at radius 2 is 1.91 bits per heavy atom. The molecule has 0 radical (unpaired) electrons. The first-order chi connectivity index (χ1) is 15.6. The molecule has 164 valence electrons. The van der Waals surface area contributed by atoms with E-state index in [4.69, 9.17) is 4.98 Å². The van der Waals surface area contributed by atoms with Gasteiger partial charge in [0.2, 0.25) is 12.4 Å². The van der Waals surface area contributed by atoms with Gasteiger partial charge >= 0.3 is 6.03 Å². The third-order valence-electron chi connectivity index (χ3n) is 6.45. The Balaban J connectivity index is 1.36. The molecule has 1 fully saturated rings. The number of amides is 2. The number of hydrogen-bond donors (Lipinski definition) is 2. The van der Waals surface area contributed by atoms with E-state index in [2.05, 4.69) is 41.4 Å². The van der Waals surface area contributed by atoms with Gasteiger partial charge in [-0.05, 0) is 48.6 Å². The highest BCUT2D eigenvalue weighted by atomic mass is 16.5. The molecule has 32 heavy (non-hydrogen) atoms. The van der Waals surface area contributed by atoms with E-state index in [1.807, 2.05) is 17.2 Å². The normalized spacial score (nSPS) is 18.4. The van der Waals surface area contributed by atoms with E-state index in [0.29, 0.717) is 18.8 Å². The molecule has 0 spiro atoms. The third-order valence-corrected chi connectivity index (χ3v) is 6.45. The second-order valence-corrected chi connectivity index (χ2v) is 8.58. The smallest absolute Gasteiger partial charge is 0.322 e. The first-order valence-electron chi connectivity index (χ1n) is 11.1. The molecule has 2 N–H and O–H groups in total. The lowest BCUT2D eigenvalue weighted by atomic mass is 9.94. The van der Waals surface area contributed by atoms with Crippen molar-refractivity contribution in [2.45, 2.75) is 25.8 Å². The van der Waals surface area contributed by atoms with Crippen LogP contribution in [0.1, 0.15) is 34.0 Å². The minimum absolute atomic E-state index is 0.108. The van der Waals surface area contributed by atoms with Crippen LogP contribution in [0.4, 0.5) is 10.5 Å². The first-order valence-corrected chi connectivity index (χ1v) is 11.1. The van der Waals surface area contributed by atoms with Crippen molar-refractivity contribution >= 4 is 11.7 Å². The number of aromatic nitrogens is 2. The molecular formula is C25H28N5O2+. The van der Waals surface area contributed by atoms with Crippen LogP contribution in [0.25, 0.3) is 0 Å². The number of aryl methyl sites for hydroxylation is 3. The van der Waals surface area contributed by atoms with Crippen molar-refractivity contribution in [3.05, 3.63) is 89.0 Å². The lowest BCUT2D eigenvalue weighted by Gasteiger charge is -2.39. The molecule has 0 bridgehead atoms. The second-order valence-electron chi connectivity index (χ2n) is 8.58. The van der Waals surface area contributed by atoms with Crippen LogP contribution in [0, 0.1) is 6.92 Å². The van der Waals surface area contributed by atoms with Gasteiger partial charge in [-0.3, -0.25) is 15.1 Å². The number of rotatable bonds is 2. The summed E-state index contributed by atoms with van der Waals surface area (Å²) in [4.78, 5) is 21.8. The maximum absolute atomic E-state index is 12.7. The Labute approximate surface area is 187 Å². The molecule has 1 atom stereocenters. The Bertz CT molecular complexity index is 1140. The number of carbonyl (C=O) groups is 1. The maximum Gasteiger partial charge on any atom is 0.322 e. The summed E-state index contributed by atoms with van der Waals surface area (Å²) >= 11 is 0. The SMILES string of the molecule is Cc1ccc2c(c1)CCc1cccnc1C2N1CCN(C(=O)Nc2ccc[n+](O)c2)CC1. The number of carbonyl (C=O) groups excluding carboxylic acids is 1. The number of nitrogens with zero attached hydrogens (tertiary/aromatic N) is 4. The quantitative estimate of drug-likeness (QED) is 0.484. The summed E-state index contributed by atoms with van der Waals surface area (Å²) in [7, 11) is 0. The molecule has 2 amide bonds. The van der Waals surface area contributed by atoms with Crippen LogP contribution < -0.4 is 10.0 Å². The highest BCUT2D eigenvalue weighted by Crippen LogP contribution is 2.36. The van der Waals surface area contributed by atoms with Crippen molar-refractivity contribution in [1.82, 2.24) is 14.8 Å². The molecule has 1 aliphatic carbocycles. The third kappa shape index (κ3) is 4.03. The van der Waals surface area contributed by atoms with Gasteiger partial charge in [-0.1, -0.05) is 29.8 Å². The number of anilines is 1. The molecule has 5 rings (SSSR count). The van der Waals surface area contributed by atoms with Crippen LogP contribution in [0.15, 0.2) is 61.1 Å². The molecule has 3 aromatic rings. The highest BCUT2D eigenvalue weighted by Gasteiger charge is 2.33. The molecule has 7 heteroatoms. The molecule has 2 aliphatic rings. The summed E-state index contributed by atoms with van der Waals surface area (Å²) < 4.78 is 0.934. The van der Waals surface area contributed by atoms with Crippen LogP contribution in [-0.4, -0.2) is 52.2 Å². The predicted molar refractivity (Wildman–Crippen MR) is 121 cm³/mol. The molecular weight excluding hydrogens is 402 g/mol. The zero-order chi connectivity index (χ0) is 22.1. The summed E-state index contributed by atoms with van der Waals surface area (Å²) in [6.45, 7) is 4.97. The molecule has 1 unspecified atom stereocenters. The number of benzene rings is 1. The minimum atomic E-state index is -0.147. The lowest BCUT2D eigenvalue weighted by molar-refractivity contribution is -0.904. The number of pyridine rings is 2. The molecule has 0 saturated carbocycles. The zero-order valence-corrected chi connectivity index (χ0v) is 18.2. The van der Waals surface area contributed by atoms with Crippen LogP contribution in [0.5, 0.6) is 0 Å². The van der Waals surface area contributed by atoms with E-state index in [0.717, 1.165) is 36.4 Å². The van der Waals surface area contributed by atoms with E-state index < -0.39 is 0 Å². The molecule has 1 aliphatic heterocycles. The Kier molecular flexibility index (Phi) is 5.49. The molecule has 1 aromatic carbocycles. The highest BCUT2D eigenvalue weighted by molar-refractivity contribution is 5.89. The van der Waals surface area contributed by atoms with E-state index in [1.165, 1.54) is 34.6 Å². The summed E-state index contributed by atoms with van der Waals surface area (Å²) in [5.74, 6) is 0. The average Bonchev–Trinajstić information content (AvgIpc) is 2.96. The largest absolute Gasteiger partial charge is 0.322 e. The molecule has 2 aromatic heterocycles. The van der Waals surface area contributed by atoms with E-state index >= 15 is 0 Å². The fourth-order valence-corrected chi connectivity index (χ4v) is 4.84. The number of nitrogens with one attached hydrogen (secondary N) is 1. The summed E-state index contributed by atoms with van der Waals surface area (Å²) in [6, 6.07) is 14.4. The van der Waals surface area contributed by atoms with Crippen molar-refractivity contribution in [2.75, 3.05) is 31.5 Å². The van der Waals surface area contributed by atoms with Crippen LogP contribution in [0.3, 0.4) is 0 Å². The van der Waals surface area contributed by atoms with Gasteiger partial charge in [-0.25, -0.2) is 4.79 Å². The van der Waals surface area contributed by atoms with E-state index in [9.17, 15) is 10.0 Å². The minimum Gasteiger partial charge on any atom is -0.322 e. The van der Waals surface area contributed by atoms with Crippen molar-refractivity contribution in [3.63, 3.8) is 0 Å². The molecule has 3 heterocycles. The number of urea groups is 1. The van der Waals surface area contributed by atoms with Gasteiger partial charge in [0.15, 0.2) is 0 Å². The standard InChI is InChI=1S/C25H27N5O2/c1-18-6-9-22-20(16-18)8-7-19-4-2-10-26-23(19)24(22)28-12-14-29(15-13-28)25(31)27-21-5-3-11-30(32)17-21/h2-6,9-11,16-17,24H,7-8,12-15H2,1H3,(H-,27,31,32)/p+1. The fraction of sp³-hybridized carbons (Fsp3) is 0.320. The monoisotopic (exact) mass is 430 g/mol. The fourth-order valence-electron chi connectivity index (χ4n) is 4.84. The van der Waals surface area contributed by atoms with Crippen molar-refractivity contribution < 1.29 is 14.7 Å². The lowest BCUT2D eigenvalue weighted by Crippen LogP contribution is -2.51. The maximum atomic E-state index is 12.7.